The number of hydrogen-bond acceptors (Lipinski definition) is 5. The van der Waals surface area contributed by atoms with Crippen LogP contribution in [0.1, 0.15) is 5.56 Å². The maximum absolute atomic E-state index is 13.2. The first-order chi connectivity index (χ1) is 15.6. The number of alkyl halides is 3. The molecule has 1 N–H and O–H groups in total. The molecular weight excluding hydrogens is 443 g/mol. The third-order valence-corrected chi connectivity index (χ3v) is 4.80. The second-order valence-corrected chi connectivity index (χ2v) is 6.98. The van der Waals surface area contributed by atoms with Crippen molar-refractivity contribution in [2.75, 3.05) is 5.32 Å². The van der Waals surface area contributed by atoms with E-state index in [0.717, 1.165) is 0 Å². The number of nitrogens with one attached hydrogen (secondary N) is 1. The molecular formula is C21H14F3N5O4. The first-order valence-corrected chi connectivity index (χ1v) is 9.43. The van der Waals surface area contributed by atoms with E-state index in [1.807, 2.05) is 0 Å². The van der Waals surface area contributed by atoms with Crippen LogP contribution < -0.4 is 11.0 Å². The minimum atomic E-state index is -5.01. The van der Waals surface area contributed by atoms with Crippen molar-refractivity contribution >= 4 is 28.4 Å². The number of benzene rings is 2. The van der Waals surface area contributed by atoms with Gasteiger partial charge in [-0.25, -0.2) is 14.3 Å². The summed E-state index contributed by atoms with van der Waals surface area (Å²) >= 11 is 0. The number of amides is 1. The van der Waals surface area contributed by atoms with E-state index in [1.165, 1.54) is 57.8 Å². The van der Waals surface area contributed by atoms with Gasteiger partial charge in [-0.1, -0.05) is 18.2 Å². The van der Waals surface area contributed by atoms with Crippen molar-refractivity contribution in [1.29, 1.82) is 0 Å². The molecule has 168 valence electrons. The Hall–Kier alpha value is -4.48. The third-order valence-electron chi connectivity index (χ3n) is 4.80. The summed E-state index contributed by atoms with van der Waals surface area (Å²) in [6, 6.07) is 14.4. The summed E-state index contributed by atoms with van der Waals surface area (Å²) < 4.78 is 39.9. The van der Waals surface area contributed by atoms with Crippen molar-refractivity contribution in [3.63, 3.8) is 0 Å². The molecule has 33 heavy (non-hydrogen) atoms. The largest absolute Gasteiger partial charge is 0.471 e. The monoisotopic (exact) mass is 457 g/mol. The topological polar surface area (TPSA) is 112 Å². The summed E-state index contributed by atoms with van der Waals surface area (Å²) in [5, 5.41) is 12.9. The van der Waals surface area contributed by atoms with Gasteiger partial charge in [-0.3, -0.25) is 19.5 Å². The van der Waals surface area contributed by atoms with Crippen LogP contribution in [0.5, 0.6) is 0 Å². The van der Waals surface area contributed by atoms with E-state index in [1.54, 1.807) is 23.5 Å². The molecule has 0 radical (unpaired) electrons. The SMILES string of the molecule is O=C(Nc1ccc(Cn2c(=O)n(-c3cccc([N+](=O)[O-])c3)c3ncccc32)cc1)C(F)(F)F. The lowest BCUT2D eigenvalue weighted by atomic mass is 10.2. The van der Waals surface area contributed by atoms with Gasteiger partial charge in [0.2, 0.25) is 0 Å². The predicted molar refractivity (Wildman–Crippen MR) is 112 cm³/mol. The smallest absolute Gasteiger partial charge is 0.318 e. The Morgan fingerprint density at radius 3 is 2.48 bits per heavy atom. The summed E-state index contributed by atoms with van der Waals surface area (Å²) in [5.41, 5.74) is 0.854. The van der Waals surface area contributed by atoms with E-state index >= 15 is 0 Å². The maximum atomic E-state index is 13.2. The van der Waals surface area contributed by atoms with E-state index in [4.69, 9.17) is 0 Å². The Labute approximate surface area is 182 Å². The fourth-order valence-corrected chi connectivity index (χ4v) is 3.30. The zero-order chi connectivity index (χ0) is 23.8. The van der Waals surface area contributed by atoms with Crippen LogP contribution in [0.2, 0.25) is 0 Å². The van der Waals surface area contributed by atoms with Gasteiger partial charge in [0.15, 0.2) is 5.65 Å². The van der Waals surface area contributed by atoms with Gasteiger partial charge in [-0.05, 0) is 35.9 Å². The number of nitro benzene ring substituents is 1. The Morgan fingerprint density at radius 1 is 1.09 bits per heavy atom. The molecule has 0 unspecified atom stereocenters. The normalized spacial score (nSPS) is 11.5. The molecule has 4 rings (SSSR count). The number of rotatable bonds is 5. The lowest BCUT2D eigenvalue weighted by Gasteiger charge is -2.09. The molecule has 0 saturated heterocycles. The van der Waals surface area contributed by atoms with Crippen LogP contribution in [0, 0.1) is 10.1 Å². The number of halogens is 3. The summed E-state index contributed by atoms with van der Waals surface area (Å²) in [6.07, 6.45) is -3.52. The van der Waals surface area contributed by atoms with Gasteiger partial charge >= 0.3 is 17.8 Å². The second kappa shape index (κ2) is 8.22. The number of imidazole rings is 1. The van der Waals surface area contributed by atoms with Crippen molar-refractivity contribution in [3.8, 4) is 5.69 Å². The Balaban J connectivity index is 1.71. The van der Waals surface area contributed by atoms with Crippen LogP contribution >= 0.6 is 0 Å². The van der Waals surface area contributed by atoms with Gasteiger partial charge in [-0.15, -0.1) is 0 Å². The maximum Gasteiger partial charge on any atom is 0.471 e. The third kappa shape index (κ3) is 4.31. The molecule has 12 heteroatoms. The van der Waals surface area contributed by atoms with E-state index in [0.29, 0.717) is 11.1 Å². The lowest BCUT2D eigenvalue weighted by molar-refractivity contribution is -0.384. The van der Waals surface area contributed by atoms with Gasteiger partial charge in [0.05, 0.1) is 22.7 Å². The summed E-state index contributed by atoms with van der Waals surface area (Å²) in [6.45, 7) is 0.0520. The number of anilines is 1. The molecule has 1 amide bonds. The number of hydrogen-bond donors (Lipinski definition) is 1. The fraction of sp³-hybridized carbons (Fsp3) is 0.0952. The number of nitrogens with zero attached hydrogens (tertiary/aromatic N) is 4. The van der Waals surface area contributed by atoms with E-state index in [-0.39, 0.29) is 29.3 Å². The van der Waals surface area contributed by atoms with Gasteiger partial charge in [0.1, 0.15) is 0 Å². The van der Waals surface area contributed by atoms with Crippen molar-refractivity contribution in [1.82, 2.24) is 14.1 Å². The van der Waals surface area contributed by atoms with Crippen LogP contribution in [-0.4, -0.2) is 31.1 Å². The molecule has 0 aliphatic rings. The highest BCUT2D eigenvalue weighted by Crippen LogP contribution is 2.22. The van der Waals surface area contributed by atoms with Crippen molar-refractivity contribution in [2.45, 2.75) is 12.7 Å². The number of carbonyl (C=O) groups excluding carboxylic acids is 1. The minimum absolute atomic E-state index is 0.0471. The number of aromatic nitrogens is 3. The molecule has 2 aromatic carbocycles. The van der Waals surface area contributed by atoms with Gasteiger partial charge < -0.3 is 5.32 Å². The first kappa shape index (κ1) is 21.7. The molecule has 0 aliphatic heterocycles. The highest BCUT2D eigenvalue weighted by molar-refractivity contribution is 5.94. The molecule has 0 bridgehead atoms. The molecule has 9 nitrogen and oxygen atoms in total. The molecule has 2 heterocycles. The second-order valence-electron chi connectivity index (χ2n) is 6.98. The number of pyridine rings is 1. The quantitative estimate of drug-likeness (QED) is 0.363. The van der Waals surface area contributed by atoms with Crippen LogP contribution in [0.4, 0.5) is 24.5 Å². The van der Waals surface area contributed by atoms with Crippen LogP contribution in [0.15, 0.2) is 71.7 Å². The van der Waals surface area contributed by atoms with Gasteiger partial charge in [0, 0.05) is 24.0 Å². The Kier molecular flexibility index (Phi) is 5.42. The fourth-order valence-electron chi connectivity index (χ4n) is 3.30. The molecule has 0 aliphatic carbocycles. The van der Waals surface area contributed by atoms with Crippen molar-refractivity contribution in [2.24, 2.45) is 0 Å². The number of carbonyl (C=O) groups is 1. The molecule has 0 atom stereocenters. The van der Waals surface area contributed by atoms with Crippen molar-refractivity contribution < 1.29 is 22.9 Å². The van der Waals surface area contributed by atoms with E-state index < -0.39 is 22.7 Å². The lowest BCUT2D eigenvalue weighted by Crippen LogP contribution is -2.29. The molecule has 0 fully saturated rings. The summed E-state index contributed by atoms with van der Waals surface area (Å²) in [7, 11) is 0. The van der Waals surface area contributed by atoms with Crippen LogP contribution in [0.3, 0.4) is 0 Å². The zero-order valence-electron chi connectivity index (χ0n) is 16.6. The standard InChI is InChI=1S/C21H14F3N5O4/c22-21(23,24)19(30)26-14-8-6-13(7-9-14)12-27-17-5-2-10-25-18(17)28(20(27)31)15-3-1-4-16(11-15)29(32)33/h1-11H,12H2,(H,26,30). The van der Waals surface area contributed by atoms with E-state index in [9.17, 15) is 32.9 Å². The number of nitro groups is 1. The summed E-state index contributed by atoms with van der Waals surface area (Å²) in [4.78, 5) is 39.1. The highest BCUT2D eigenvalue weighted by Gasteiger charge is 2.38. The summed E-state index contributed by atoms with van der Waals surface area (Å²) in [5.74, 6) is -2.09. The Bertz CT molecular complexity index is 1420. The zero-order valence-corrected chi connectivity index (χ0v) is 16.6. The van der Waals surface area contributed by atoms with Crippen LogP contribution in [-0.2, 0) is 11.3 Å². The van der Waals surface area contributed by atoms with E-state index in [2.05, 4.69) is 4.98 Å². The molecule has 2 aromatic heterocycles. The van der Waals surface area contributed by atoms with Crippen molar-refractivity contribution in [3.05, 3.63) is 93.0 Å². The molecule has 4 aromatic rings. The number of fused-ring (bicyclic) bond motifs is 1. The molecule has 0 spiro atoms. The van der Waals surface area contributed by atoms with Gasteiger partial charge in [0.25, 0.3) is 5.69 Å². The van der Waals surface area contributed by atoms with Gasteiger partial charge in [-0.2, -0.15) is 13.2 Å². The number of non-ortho nitro benzene ring substituents is 1. The predicted octanol–water partition coefficient (Wildman–Crippen LogP) is 3.64. The average molecular weight is 457 g/mol. The van der Waals surface area contributed by atoms with Crippen LogP contribution in [0.25, 0.3) is 16.9 Å². The first-order valence-electron chi connectivity index (χ1n) is 9.43. The average Bonchev–Trinajstić information content (AvgIpc) is 3.06. The minimum Gasteiger partial charge on any atom is -0.318 e. The highest BCUT2D eigenvalue weighted by atomic mass is 19.4. The molecule has 0 saturated carbocycles. The Morgan fingerprint density at radius 2 is 1.82 bits per heavy atom.